The van der Waals surface area contributed by atoms with Crippen LogP contribution in [0.25, 0.3) is 16.6 Å². The Labute approximate surface area is 197 Å². The van der Waals surface area contributed by atoms with E-state index in [0.29, 0.717) is 18.4 Å². The number of nitrogens with one attached hydrogen (secondary N) is 1. The fraction of sp³-hybridized carbons (Fsp3) is 0.520. The van der Waals surface area contributed by atoms with Gasteiger partial charge in [-0.2, -0.15) is 0 Å². The van der Waals surface area contributed by atoms with E-state index >= 15 is 0 Å². The summed E-state index contributed by atoms with van der Waals surface area (Å²) >= 11 is 0. The third kappa shape index (κ3) is 3.63. The number of imidazole rings is 1. The van der Waals surface area contributed by atoms with E-state index in [0.717, 1.165) is 29.5 Å². The third-order valence-corrected chi connectivity index (χ3v) is 6.97. The van der Waals surface area contributed by atoms with Gasteiger partial charge in [0, 0.05) is 25.1 Å². The summed E-state index contributed by atoms with van der Waals surface area (Å²) in [6, 6.07) is 5.00. The van der Waals surface area contributed by atoms with Crippen LogP contribution in [0.15, 0.2) is 29.1 Å². The number of para-hydroxylation sites is 1. The second-order valence-corrected chi connectivity index (χ2v) is 10.4. The Morgan fingerprint density at radius 3 is 2.56 bits per heavy atom. The summed E-state index contributed by atoms with van der Waals surface area (Å²) in [6.45, 7) is 5.60. The molecule has 2 bridgehead atoms. The second kappa shape index (κ2) is 7.85. The number of amides is 3. The van der Waals surface area contributed by atoms with Crippen molar-refractivity contribution in [3.63, 3.8) is 0 Å². The summed E-state index contributed by atoms with van der Waals surface area (Å²) in [6.07, 6.45) is 4.78. The van der Waals surface area contributed by atoms with Gasteiger partial charge >= 0.3 is 11.8 Å². The maximum Gasteiger partial charge on any atom is 0.411 e. The number of rotatable bonds is 2. The van der Waals surface area contributed by atoms with Gasteiger partial charge in [0.15, 0.2) is 0 Å². The molecule has 3 atom stereocenters. The normalized spacial score (nSPS) is 24.9. The molecule has 34 heavy (non-hydrogen) atoms. The molecule has 1 N–H and O–H groups in total. The number of piperidine rings is 1. The third-order valence-electron chi connectivity index (χ3n) is 6.97. The number of imide groups is 1. The predicted molar refractivity (Wildman–Crippen MR) is 126 cm³/mol. The Balaban J connectivity index is 1.54. The lowest BCUT2D eigenvalue weighted by Gasteiger charge is -2.35. The van der Waals surface area contributed by atoms with Crippen LogP contribution in [-0.2, 0) is 21.4 Å². The zero-order valence-electron chi connectivity index (χ0n) is 20.0. The smallest absolute Gasteiger partial charge is 0.411 e. The standard InChI is InChI=1S/C25H30N4O5/c1-25(2,3)34-24(33)28-15-8-9-16(28)13-14(12-15)17-6-5-7-18-21(17)27(4)23(32)29(18)19-10-11-20(30)26-22(19)31/h5-7,12,15-16,19H,8-11,13H2,1-4H3,(H,26,30,31)/t15-,16+,19?/m0/s1. The molecule has 3 amide bonds. The molecule has 1 aromatic carbocycles. The molecule has 0 radical (unpaired) electrons. The Morgan fingerprint density at radius 1 is 1.12 bits per heavy atom. The second-order valence-electron chi connectivity index (χ2n) is 10.4. The number of hydrogen-bond acceptors (Lipinski definition) is 5. The van der Waals surface area contributed by atoms with E-state index < -0.39 is 17.6 Å². The monoisotopic (exact) mass is 466 g/mol. The minimum absolute atomic E-state index is 0.0457. The maximum atomic E-state index is 13.2. The van der Waals surface area contributed by atoms with Gasteiger partial charge in [-0.15, -0.1) is 0 Å². The molecule has 9 heteroatoms. The fourth-order valence-electron chi connectivity index (χ4n) is 5.56. The molecule has 1 unspecified atom stereocenters. The van der Waals surface area contributed by atoms with Crippen molar-refractivity contribution in [3.05, 3.63) is 40.3 Å². The van der Waals surface area contributed by atoms with Crippen molar-refractivity contribution >= 4 is 34.5 Å². The Kier molecular flexibility index (Phi) is 5.18. The van der Waals surface area contributed by atoms with Crippen molar-refractivity contribution in [2.75, 3.05) is 0 Å². The van der Waals surface area contributed by atoms with Crippen LogP contribution in [0.5, 0.6) is 0 Å². The van der Waals surface area contributed by atoms with Crippen LogP contribution >= 0.6 is 0 Å². The Morgan fingerprint density at radius 2 is 1.88 bits per heavy atom. The quantitative estimate of drug-likeness (QED) is 0.686. The number of aryl methyl sites for hydroxylation is 1. The molecule has 0 spiro atoms. The SMILES string of the molecule is Cn1c(=O)n(C2CCC(=O)NC2=O)c2cccc(C3=C[C@@H]4CC[C@H](C3)N4C(=O)OC(C)(C)C)c21. The van der Waals surface area contributed by atoms with Crippen LogP contribution in [-0.4, -0.2) is 49.6 Å². The summed E-state index contributed by atoms with van der Waals surface area (Å²) in [5.74, 6) is -0.758. The highest BCUT2D eigenvalue weighted by molar-refractivity contribution is 6.00. The van der Waals surface area contributed by atoms with Gasteiger partial charge in [0.25, 0.3) is 0 Å². The van der Waals surface area contributed by atoms with Crippen molar-refractivity contribution in [2.45, 2.75) is 76.6 Å². The van der Waals surface area contributed by atoms with Gasteiger partial charge < -0.3 is 4.74 Å². The zero-order valence-corrected chi connectivity index (χ0v) is 20.0. The van der Waals surface area contributed by atoms with E-state index in [1.807, 2.05) is 43.9 Å². The highest BCUT2D eigenvalue weighted by atomic mass is 16.6. The van der Waals surface area contributed by atoms with Crippen molar-refractivity contribution < 1.29 is 19.1 Å². The maximum absolute atomic E-state index is 13.2. The van der Waals surface area contributed by atoms with Crippen molar-refractivity contribution in [2.24, 2.45) is 7.05 Å². The van der Waals surface area contributed by atoms with Crippen molar-refractivity contribution in [3.8, 4) is 0 Å². The molecular weight excluding hydrogens is 436 g/mol. The summed E-state index contributed by atoms with van der Waals surface area (Å²) in [5, 5.41) is 2.35. The van der Waals surface area contributed by atoms with Gasteiger partial charge in [0.2, 0.25) is 11.8 Å². The van der Waals surface area contributed by atoms with Crippen LogP contribution in [0.3, 0.4) is 0 Å². The van der Waals surface area contributed by atoms with E-state index in [1.165, 1.54) is 4.57 Å². The highest BCUT2D eigenvalue weighted by Crippen LogP contribution is 2.41. The number of nitrogens with zero attached hydrogens (tertiary/aromatic N) is 3. The van der Waals surface area contributed by atoms with Crippen LogP contribution in [0.4, 0.5) is 4.79 Å². The summed E-state index contributed by atoms with van der Waals surface area (Å²) < 4.78 is 8.73. The molecule has 1 aromatic heterocycles. The minimum Gasteiger partial charge on any atom is -0.444 e. The topological polar surface area (TPSA) is 103 Å². The van der Waals surface area contributed by atoms with Crippen molar-refractivity contribution in [1.29, 1.82) is 0 Å². The molecule has 3 aliphatic rings. The molecule has 2 saturated heterocycles. The van der Waals surface area contributed by atoms with Gasteiger partial charge in [0.1, 0.15) is 11.6 Å². The Hall–Kier alpha value is -3.36. The van der Waals surface area contributed by atoms with Gasteiger partial charge in [-0.3, -0.25) is 28.9 Å². The van der Waals surface area contributed by atoms with E-state index in [9.17, 15) is 19.2 Å². The first-order valence-electron chi connectivity index (χ1n) is 11.8. The number of ether oxygens (including phenoxy) is 1. The molecule has 0 aliphatic carbocycles. The average Bonchev–Trinajstić information content (AvgIpc) is 3.17. The molecule has 2 aromatic rings. The number of carbonyl (C=O) groups is 3. The highest BCUT2D eigenvalue weighted by Gasteiger charge is 2.42. The minimum atomic E-state index is -0.719. The summed E-state index contributed by atoms with van der Waals surface area (Å²) in [5.41, 5.74) is 2.61. The molecular formula is C25H30N4O5. The molecule has 2 fully saturated rings. The molecule has 4 heterocycles. The fourth-order valence-corrected chi connectivity index (χ4v) is 5.56. The van der Waals surface area contributed by atoms with Gasteiger partial charge in [-0.05, 0) is 58.1 Å². The number of aromatic nitrogens is 2. The zero-order chi connectivity index (χ0) is 24.4. The summed E-state index contributed by atoms with van der Waals surface area (Å²) in [7, 11) is 1.71. The van der Waals surface area contributed by atoms with Crippen LogP contribution in [0, 0.1) is 0 Å². The lowest BCUT2D eigenvalue weighted by atomic mass is 9.94. The van der Waals surface area contributed by atoms with Crippen LogP contribution in [0.1, 0.15) is 64.5 Å². The number of fused-ring (bicyclic) bond motifs is 3. The van der Waals surface area contributed by atoms with Crippen LogP contribution in [0.2, 0.25) is 0 Å². The van der Waals surface area contributed by atoms with E-state index in [2.05, 4.69) is 11.4 Å². The predicted octanol–water partition coefficient (Wildman–Crippen LogP) is 2.87. The van der Waals surface area contributed by atoms with E-state index in [1.54, 1.807) is 11.6 Å². The number of carbonyl (C=O) groups excluding carboxylic acids is 3. The lowest BCUT2D eigenvalue weighted by molar-refractivity contribution is -0.135. The molecule has 180 valence electrons. The first-order chi connectivity index (χ1) is 16.0. The molecule has 0 saturated carbocycles. The first kappa shape index (κ1) is 22.4. The average molecular weight is 467 g/mol. The largest absolute Gasteiger partial charge is 0.444 e. The van der Waals surface area contributed by atoms with Crippen LogP contribution < -0.4 is 11.0 Å². The number of benzene rings is 1. The van der Waals surface area contributed by atoms with Crippen molar-refractivity contribution in [1.82, 2.24) is 19.4 Å². The lowest BCUT2D eigenvalue weighted by Crippen LogP contribution is -2.45. The van der Waals surface area contributed by atoms with Gasteiger partial charge in [-0.25, -0.2) is 9.59 Å². The van der Waals surface area contributed by atoms with E-state index in [-0.39, 0.29) is 36.2 Å². The van der Waals surface area contributed by atoms with E-state index in [4.69, 9.17) is 4.74 Å². The summed E-state index contributed by atoms with van der Waals surface area (Å²) in [4.78, 5) is 52.1. The number of hydrogen-bond donors (Lipinski definition) is 1. The Bertz CT molecular complexity index is 1290. The van der Waals surface area contributed by atoms with Gasteiger partial charge in [0.05, 0.1) is 17.1 Å². The van der Waals surface area contributed by atoms with Gasteiger partial charge in [-0.1, -0.05) is 18.2 Å². The first-order valence-corrected chi connectivity index (χ1v) is 11.8. The molecule has 9 nitrogen and oxygen atoms in total. The molecule has 5 rings (SSSR count). The molecule has 3 aliphatic heterocycles.